The molecule has 0 atom stereocenters. The molecule has 1 heterocycles. The van der Waals surface area contributed by atoms with Gasteiger partial charge in [0.2, 0.25) is 0 Å². The number of hydrogen-bond donors (Lipinski definition) is 0. The Hall–Kier alpha value is -3.09. The van der Waals surface area contributed by atoms with Gasteiger partial charge in [-0.2, -0.15) is 21.6 Å². The Bertz CT molecular complexity index is 1260. The molecule has 0 saturated carbocycles. The largest absolute Gasteiger partial charge is 0.493 e. The summed E-state index contributed by atoms with van der Waals surface area (Å²) in [6, 6.07) is 11.1. The van der Waals surface area contributed by atoms with E-state index in [2.05, 4.69) is 0 Å². The van der Waals surface area contributed by atoms with Gasteiger partial charge in [-0.05, 0) is 47.3 Å². The molecular weight excluding hydrogens is 507 g/mol. The molecule has 0 aliphatic heterocycles. The van der Waals surface area contributed by atoms with Crippen molar-refractivity contribution in [3.8, 4) is 11.5 Å². The summed E-state index contributed by atoms with van der Waals surface area (Å²) in [5, 5.41) is 1.78. The number of carbonyl (C=O) groups excluding carboxylic acids is 1. The summed E-state index contributed by atoms with van der Waals surface area (Å²) in [7, 11) is -1.82. The van der Waals surface area contributed by atoms with Crippen LogP contribution in [0.15, 0.2) is 64.9 Å². The van der Waals surface area contributed by atoms with Crippen LogP contribution in [0.2, 0.25) is 0 Å². The summed E-state index contributed by atoms with van der Waals surface area (Å²) in [6.45, 7) is 0.655. The fourth-order valence-corrected chi connectivity index (χ4v) is 4.78. The average molecular weight is 530 g/mol. The van der Waals surface area contributed by atoms with Crippen molar-refractivity contribution < 1.29 is 40.0 Å². The average Bonchev–Trinajstić information content (AvgIpc) is 3.36. The fourth-order valence-electron chi connectivity index (χ4n) is 3.11. The summed E-state index contributed by atoms with van der Waals surface area (Å²) >= 11 is 1.28. The second kappa shape index (κ2) is 11.1. The van der Waals surface area contributed by atoms with Crippen molar-refractivity contribution in [3.63, 3.8) is 0 Å². The highest BCUT2D eigenvalue weighted by Gasteiger charge is 2.32. The van der Waals surface area contributed by atoms with Crippen LogP contribution in [-0.4, -0.2) is 46.6 Å². The van der Waals surface area contributed by atoms with Crippen LogP contribution in [0.3, 0.4) is 0 Å². The first-order chi connectivity index (χ1) is 16.5. The Balaban J connectivity index is 1.90. The molecule has 0 saturated heterocycles. The topological polar surface area (TPSA) is 82.1 Å². The molecule has 1 amide bonds. The van der Waals surface area contributed by atoms with Gasteiger partial charge in [-0.15, -0.1) is 11.3 Å². The zero-order valence-corrected chi connectivity index (χ0v) is 20.4. The molecule has 0 spiro atoms. The molecule has 12 heteroatoms. The van der Waals surface area contributed by atoms with Crippen molar-refractivity contribution in [2.45, 2.75) is 17.6 Å². The first kappa shape index (κ1) is 26.5. The van der Waals surface area contributed by atoms with Gasteiger partial charge in [-0.25, -0.2) is 0 Å². The first-order valence-corrected chi connectivity index (χ1v) is 12.4. The van der Waals surface area contributed by atoms with Crippen LogP contribution >= 0.6 is 11.3 Å². The molecule has 3 aromatic rings. The highest BCUT2D eigenvalue weighted by molar-refractivity contribution is 7.87. The molecule has 0 fully saturated rings. The van der Waals surface area contributed by atoms with Crippen molar-refractivity contribution in [2.75, 3.05) is 27.4 Å². The fraction of sp³-hybridized carbons (Fsp3) is 0.261. The van der Waals surface area contributed by atoms with Gasteiger partial charge in [-0.1, -0.05) is 18.2 Å². The molecule has 0 aliphatic rings. The van der Waals surface area contributed by atoms with Gasteiger partial charge in [-0.3, -0.25) is 4.79 Å². The summed E-state index contributed by atoms with van der Waals surface area (Å²) in [4.78, 5) is 14.3. The van der Waals surface area contributed by atoms with Gasteiger partial charge in [0.05, 0.1) is 24.2 Å². The summed E-state index contributed by atoms with van der Waals surface area (Å²) in [6.07, 6.45) is -4.72. The molecule has 1 aromatic heterocycles. The number of halogens is 3. The van der Waals surface area contributed by atoms with Crippen LogP contribution in [0.5, 0.6) is 11.5 Å². The van der Waals surface area contributed by atoms with Crippen molar-refractivity contribution in [1.29, 1.82) is 0 Å². The minimum Gasteiger partial charge on any atom is -0.493 e. The molecule has 0 radical (unpaired) electrons. The summed E-state index contributed by atoms with van der Waals surface area (Å²) < 4.78 is 80.1. The normalized spacial score (nSPS) is 11.8. The molecule has 0 N–H and O–H groups in total. The standard InChI is InChI=1S/C23H22F3NO6S2/c1-31-11-10-27(22(28)21-7-4-12-34-21)15-16-8-9-19(32-2)20(13-16)33-35(29,30)18-6-3-5-17(14-18)23(24,25)26/h3-9,12-14H,10-11,15H2,1-2H3. The zero-order chi connectivity index (χ0) is 25.6. The van der Waals surface area contributed by atoms with Gasteiger partial charge in [0.15, 0.2) is 11.5 Å². The maximum atomic E-state index is 13.0. The number of methoxy groups -OCH3 is 2. The molecule has 0 unspecified atom stereocenters. The highest BCUT2D eigenvalue weighted by Crippen LogP contribution is 2.34. The van der Waals surface area contributed by atoms with Crippen molar-refractivity contribution >= 4 is 27.4 Å². The number of benzene rings is 2. The van der Waals surface area contributed by atoms with Crippen molar-refractivity contribution in [3.05, 3.63) is 76.0 Å². The second-order valence-corrected chi connectivity index (χ2v) is 9.74. The Labute approximate surface area is 204 Å². The van der Waals surface area contributed by atoms with E-state index in [9.17, 15) is 26.4 Å². The van der Waals surface area contributed by atoms with E-state index in [1.54, 1.807) is 23.6 Å². The molecule has 0 bridgehead atoms. The predicted octanol–water partition coefficient (Wildman–Crippen LogP) is 4.83. The zero-order valence-electron chi connectivity index (χ0n) is 18.7. The van der Waals surface area contributed by atoms with Gasteiger partial charge in [0, 0.05) is 20.2 Å². The molecule has 2 aromatic carbocycles. The minimum absolute atomic E-state index is 0.0531. The molecule has 188 valence electrons. The predicted molar refractivity (Wildman–Crippen MR) is 123 cm³/mol. The number of amides is 1. The highest BCUT2D eigenvalue weighted by atomic mass is 32.2. The van der Waals surface area contributed by atoms with E-state index in [4.69, 9.17) is 13.7 Å². The van der Waals surface area contributed by atoms with Crippen LogP contribution in [0.4, 0.5) is 13.2 Å². The SMILES string of the molecule is COCCN(Cc1ccc(OC)c(OS(=O)(=O)c2cccc(C(F)(F)F)c2)c1)C(=O)c1cccs1. The second-order valence-electron chi connectivity index (χ2n) is 7.25. The number of nitrogens with zero attached hydrogens (tertiary/aromatic N) is 1. The monoisotopic (exact) mass is 529 g/mol. The molecular formula is C23H22F3NO6S2. The lowest BCUT2D eigenvalue weighted by Crippen LogP contribution is -2.33. The maximum Gasteiger partial charge on any atom is 0.416 e. The van der Waals surface area contributed by atoms with Crippen LogP contribution in [0.1, 0.15) is 20.8 Å². The number of alkyl halides is 3. The number of thiophene rings is 1. The van der Waals surface area contributed by atoms with E-state index >= 15 is 0 Å². The van der Waals surface area contributed by atoms with E-state index in [1.807, 2.05) is 0 Å². The quantitative estimate of drug-likeness (QED) is 0.350. The van der Waals surface area contributed by atoms with Crippen molar-refractivity contribution in [1.82, 2.24) is 4.90 Å². The Morgan fingerprint density at radius 1 is 1.03 bits per heavy atom. The van der Waals surface area contributed by atoms with Gasteiger partial charge in [0.25, 0.3) is 5.91 Å². The van der Waals surface area contributed by atoms with Crippen LogP contribution in [-0.2, 0) is 27.6 Å². The lowest BCUT2D eigenvalue weighted by atomic mass is 10.2. The molecule has 7 nitrogen and oxygen atoms in total. The van der Waals surface area contributed by atoms with Crippen LogP contribution in [0, 0.1) is 0 Å². The molecule has 35 heavy (non-hydrogen) atoms. The van der Waals surface area contributed by atoms with Crippen molar-refractivity contribution in [2.24, 2.45) is 0 Å². The number of carbonyl (C=O) groups is 1. The van der Waals surface area contributed by atoms with Gasteiger partial charge in [0.1, 0.15) is 4.90 Å². The third kappa shape index (κ3) is 6.74. The lowest BCUT2D eigenvalue weighted by molar-refractivity contribution is -0.137. The first-order valence-electron chi connectivity index (χ1n) is 10.2. The lowest BCUT2D eigenvalue weighted by Gasteiger charge is -2.22. The van der Waals surface area contributed by atoms with Gasteiger partial charge >= 0.3 is 16.3 Å². The number of hydrogen-bond acceptors (Lipinski definition) is 7. The summed E-state index contributed by atoms with van der Waals surface area (Å²) in [5.74, 6) is -0.401. The van der Waals surface area contributed by atoms with E-state index in [-0.39, 0.29) is 37.1 Å². The summed E-state index contributed by atoms with van der Waals surface area (Å²) in [5.41, 5.74) is -0.607. The smallest absolute Gasteiger partial charge is 0.416 e. The van der Waals surface area contributed by atoms with Crippen LogP contribution in [0.25, 0.3) is 0 Å². The molecule has 0 aliphatic carbocycles. The Kier molecular flexibility index (Phi) is 8.41. The maximum absolute atomic E-state index is 13.0. The molecule has 3 rings (SSSR count). The minimum atomic E-state index is -4.72. The van der Waals surface area contributed by atoms with E-state index in [1.165, 1.54) is 42.6 Å². The number of rotatable bonds is 10. The van der Waals surface area contributed by atoms with E-state index in [0.29, 0.717) is 16.5 Å². The third-order valence-electron chi connectivity index (χ3n) is 4.84. The van der Waals surface area contributed by atoms with E-state index in [0.717, 1.165) is 18.2 Å². The van der Waals surface area contributed by atoms with Crippen LogP contribution < -0.4 is 8.92 Å². The van der Waals surface area contributed by atoms with Gasteiger partial charge < -0.3 is 18.6 Å². The number of ether oxygens (including phenoxy) is 2. The third-order valence-corrected chi connectivity index (χ3v) is 6.92. The van der Waals surface area contributed by atoms with E-state index < -0.39 is 26.8 Å². The Morgan fingerprint density at radius 2 is 1.80 bits per heavy atom. The Morgan fingerprint density at radius 3 is 2.43 bits per heavy atom.